The van der Waals surface area contributed by atoms with E-state index in [1.54, 1.807) is 26.8 Å². The molecule has 2 aromatic rings. The molecule has 0 spiro atoms. The molecule has 0 unspecified atom stereocenters. The van der Waals surface area contributed by atoms with Crippen molar-refractivity contribution >= 4 is 34.6 Å². The Kier molecular flexibility index (Phi) is 7.75. The number of aliphatic carboxylic acids is 1. The van der Waals surface area contributed by atoms with Crippen LogP contribution >= 0.6 is 0 Å². The summed E-state index contributed by atoms with van der Waals surface area (Å²) < 4.78 is 10.8. The third kappa shape index (κ3) is 6.23. The molecular weight excluding hydrogens is 478 g/mol. The van der Waals surface area contributed by atoms with Crippen molar-refractivity contribution in [3.63, 3.8) is 0 Å². The Balaban J connectivity index is 1.35. The minimum Gasteiger partial charge on any atom is -0.480 e. The first-order valence-corrected chi connectivity index (χ1v) is 12.9. The minimum atomic E-state index is -1.16. The normalized spacial score (nSPS) is 15.6. The summed E-state index contributed by atoms with van der Waals surface area (Å²) in [5, 5.41) is 15.2. The van der Waals surface area contributed by atoms with E-state index in [1.165, 1.54) is 11.3 Å². The van der Waals surface area contributed by atoms with Crippen LogP contribution in [0.3, 0.4) is 0 Å². The number of alkyl carbamates (subject to hydrolysis) is 1. The van der Waals surface area contributed by atoms with Gasteiger partial charge in [-0.1, -0.05) is 0 Å². The van der Waals surface area contributed by atoms with Gasteiger partial charge in [-0.05, 0) is 83.4 Å². The monoisotopic (exact) mass is 513 g/mol. The zero-order valence-corrected chi connectivity index (χ0v) is 21.6. The van der Waals surface area contributed by atoms with E-state index in [0.717, 1.165) is 49.7 Å². The second-order valence-electron chi connectivity index (χ2n) is 10.7. The molecule has 3 N–H and O–H groups in total. The Bertz CT molecular complexity index is 1260. The smallest absolute Gasteiger partial charge is 0.408 e. The summed E-state index contributed by atoms with van der Waals surface area (Å²) in [6.45, 7) is 7.36. The number of anilines is 1. The average molecular weight is 514 g/mol. The van der Waals surface area contributed by atoms with E-state index in [9.17, 15) is 24.3 Å². The number of unbranched alkanes of at least 4 members (excludes halogenated alkanes) is 1. The highest BCUT2D eigenvalue weighted by atomic mass is 16.6. The Morgan fingerprint density at radius 2 is 1.86 bits per heavy atom. The maximum absolute atomic E-state index is 12.8. The molecule has 1 aromatic heterocycles. The van der Waals surface area contributed by atoms with E-state index in [-0.39, 0.29) is 18.5 Å². The second-order valence-corrected chi connectivity index (χ2v) is 10.7. The predicted octanol–water partition coefficient (Wildman–Crippen LogP) is 3.37. The van der Waals surface area contributed by atoms with Crippen molar-refractivity contribution in [2.24, 2.45) is 0 Å². The molecule has 0 saturated carbocycles. The van der Waals surface area contributed by atoms with Crippen LogP contribution in [-0.4, -0.2) is 54.4 Å². The van der Waals surface area contributed by atoms with E-state index in [2.05, 4.69) is 15.5 Å². The highest BCUT2D eigenvalue weighted by molar-refractivity contribution is 5.98. The van der Waals surface area contributed by atoms with Crippen LogP contribution in [0.4, 0.5) is 10.5 Å². The van der Waals surface area contributed by atoms with Gasteiger partial charge in [0.25, 0.3) is 5.91 Å². The van der Waals surface area contributed by atoms with Gasteiger partial charge in [0.15, 0.2) is 0 Å². The van der Waals surface area contributed by atoms with Gasteiger partial charge < -0.3 is 29.8 Å². The summed E-state index contributed by atoms with van der Waals surface area (Å²) in [6, 6.07) is 2.56. The number of carboxylic acid groups (broad SMARTS) is 1. The van der Waals surface area contributed by atoms with E-state index in [4.69, 9.17) is 9.15 Å². The number of ether oxygens (including phenoxy) is 1. The first kappa shape index (κ1) is 26.5. The van der Waals surface area contributed by atoms with Crippen LogP contribution in [0.25, 0.3) is 11.0 Å². The van der Waals surface area contributed by atoms with E-state index < -0.39 is 35.2 Å². The Morgan fingerprint density at radius 1 is 1.14 bits per heavy atom. The Hall–Kier alpha value is -3.56. The van der Waals surface area contributed by atoms with Crippen molar-refractivity contribution < 1.29 is 28.6 Å². The molecule has 10 heteroatoms. The van der Waals surface area contributed by atoms with E-state index >= 15 is 0 Å². The quantitative estimate of drug-likeness (QED) is 0.361. The maximum Gasteiger partial charge on any atom is 0.408 e. The fourth-order valence-corrected chi connectivity index (χ4v) is 5.08. The number of carbonyl (C=O) groups is 3. The number of aryl methyl sites for hydroxylation is 2. The van der Waals surface area contributed by atoms with Gasteiger partial charge in [-0.2, -0.15) is 0 Å². The molecule has 0 bridgehead atoms. The van der Waals surface area contributed by atoms with Crippen molar-refractivity contribution in [2.75, 3.05) is 24.5 Å². The lowest BCUT2D eigenvalue weighted by Crippen LogP contribution is -2.43. The summed E-state index contributed by atoms with van der Waals surface area (Å²) in [7, 11) is 0. The first-order valence-electron chi connectivity index (χ1n) is 12.9. The van der Waals surface area contributed by atoms with Gasteiger partial charge in [0, 0.05) is 36.3 Å². The molecule has 3 heterocycles. The minimum absolute atomic E-state index is 0.0434. The number of hydrogen-bond donors (Lipinski definition) is 3. The number of carbonyl (C=O) groups excluding carboxylic acids is 2. The first-order chi connectivity index (χ1) is 17.5. The molecule has 4 rings (SSSR count). The van der Waals surface area contributed by atoms with Crippen LogP contribution in [0.15, 0.2) is 21.3 Å². The van der Waals surface area contributed by atoms with E-state index in [1.807, 2.05) is 6.07 Å². The number of nitrogens with one attached hydrogen (secondary N) is 2. The molecule has 2 aliphatic heterocycles. The van der Waals surface area contributed by atoms with Crippen molar-refractivity contribution in [2.45, 2.75) is 77.4 Å². The molecule has 1 atom stereocenters. The van der Waals surface area contributed by atoms with Crippen LogP contribution in [-0.2, 0) is 22.4 Å². The van der Waals surface area contributed by atoms with Crippen molar-refractivity contribution in [1.29, 1.82) is 0 Å². The maximum atomic E-state index is 12.8. The lowest BCUT2D eigenvalue weighted by molar-refractivity contribution is -0.139. The highest BCUT2D eigenvalue weighted by Gasteiger charge is 2.28. The number of hydrogen-bond acceptors (Lipinski definition) is 7. The average Bonchev–Trinajstić information content (AvgIpc) is 2.82. The van der Waals surface area contributed by atoms with Crippen molar-refractivity contribution in [3.8, 4) is 0 Å². The Morgan fingerprint density at radius 3 is 2.57 bits per heavy atom. The molecule has 37 heavy (non-hydrogen) atoms. The Labute approximate surface area is 215 Å². The third-order valence-corrected chi connectivity index (χ3v) is 6.65. The molecule has 2 aliphatic rings. The number of amides is 2. The lowest BCUT2D eigenvalue weighted by Gasteiger charge is -2.37. The van der Waals surface area contributed by atoms with Gasteiger partial charge in [-0.15, -0.1) is 0 Å². The van der Waals surface area contributed by atoms with Crippen molar-refractivity contribution in [3.05, 3.63) is 39.2 Å². The van der Waals surface area contributed by atoms with Crippen molar-refractivity contribution in [1.82, 2.24) is 10.6 Å². The second kappa shape index (κ2) is 10.8. The summed E-state index contributed by atoms with van der Waals surface area (Å²) in [6.07, 6.45) is 4.20. The number of nitrogens with zero attached hydrogens (tertiary/aromatic N) is 1. The summed E-state index contributed by atoms with van der Waals surface area (Å²) in [4.78, 5) is 51.2. The SMILES string of the molecule is CC(C)(C)OC(=O)N[C@@H](CCCCNC(=O)c1cc2cc3c4c(c2oc1=O)CCCN4CCC3)C(=O)O. The van der Waals surface area contributed by atoms with Crippen LogP contribution in [0.1, 0.15) is 74.4 Å². The van der Waals surface area contributed by atoms with Crippen LogP contribution in [0.2, 0.25) is 0 Å². The summed E-state index contributed by atoms with van der Waals surface area (Å²) >= 11 is 0. The molecule has 200 valence electrons. The predicted molar refractivity (Wildman–Crippen MR) is 138 cm³/mol. The lowest BCUT2D eigenvalue weighted by atomic mass is 9.90. The summed E-state index contributed by atoms with van der Waals surface area (Å²) in [5.74, 6) is -1.68. The van der Waals surface area contributed by atoms with E-state index in [0.29, 0.717) is 18.4 Å². The fraction of sp³-hybridized carbons (Fsp3) is 0.556. The molecule has 0 radical (unpaired) electrons. The van der Waals surface area contributed by atoms with Crippen LogP contribution in [0, 0.1) is 0 Å². The van der Waals surface area contributed by atoms with Gasteiger partial charge >= 0.3 is 17.7 Å². The third-order valence-electron chi connectivity index (χ3n) is 6.65. The van der Waals surface area contributed by atoms with Crippen LogP contribution in [0.5, 0.6) is 0 Å². The number of carboxylic acids is 1. The van der Waals surface area contributed by atoms with Gasteiger partial charge in [0.2, 0.25) is 0 Å². The molecule has 0 saturated heterocycles. The zero-order valence-electron chi connectivity index (χ0n) is 21.6. The van der Waals surface area contributed by atoms with Gasteiger partial charge in [-0.3, -0.25) is 4.79 Å². The number of rotatable bonds is 8. The number of benzene rings is 1. The van der Waals surface area contributed by atoms with Gasteiger partial charge in [0.1, 0.15) is 22.8 Å². The fourth-order valence-electron chi connectivity index (χ4n) is 5.08. The topological polar surface area (TPSA) is 138 Å². The molecule has 0 aliphatic carbocycles. The summed E-state index contributed by atoms with van der Waals surface area (Å²) in [5.41, 5.74) is 2.64. The molecule has 1 aromatic carbocycles. The zero-order chi connectivity index (χ0) is 26.7. The number of fused-ring (bicyclic) bond motifs is 2. The van der Waals surface area contributed by atoms with Crippen LogP contribution < -0.4 is 21.2 Å². The largest absolute Gasteiger partial charge is 0.480 e. The molecule has 10 nitrogen and oxygen atoms in total. The molecular formula is C27H35N3O7. The van der Waals surface area contributed by atoms with Gasteiger partial charge in [-0.25, -0.2) is 14.4 Å². The highest BCUT2D eigenvalue weighted by Crippen LogP contribution is 2.39. The standard InChI is InChI=1S/C27H35N3O7/c1-27(2,3)37-26(35)29-20(24(32)33)10-4-5-11-28-23(31)19-15-17-14-16-8-6-12-30-13-7-9-18(21(16)30)22(17)36-25(19)34/h14-15,20H,4-13H2,1-3H3,(H,28,31)(H,29,35)(H,32,33)/t20-/m0/s1. The molecule has 0 fully saturated rings. The van der Waals surface area contributed by atoms with Gasteiger partial charge in [0.05, 0.1) is 0 Å². The molecule has 2 amide bonds.